The molecule has 0 bridgehead atoms. The molecule has 150 valence electrons. The lowest BCUT2D eigenvalue weighted by Gasteiger charge is -2.15. The van der Waals surface area contributed by atoms with Crippen LogP contribution in [0.15, 0.2) is 41.3 Å². The van der Waals surface area contributed by atoms with E-state index in [4.69, 9.17) is 39.0 Å². The van der Waals surface area contributed by atoms with Gasteiger partial charge in [-0.1, -0.05) is 47.7 Å². The molecular formula is C20H17ClN2O4S2. The van der Waals surface area contributed by atoms with Gasteiger partial charge in [0.25, 0.3) is 11.8 Å². The number of nitrogens with two attached hydrogens (primary N) is 1. The van der Waals surface area contributed by atoms with Crippen LogP contribution in [-0.2, 0) is 9.59 Å². The van der Waals surface area contributed by atoms with Crippen LogP contribution >= 0.6 is 35.6 Å². The van der Waals surface area contributed by atoms with Crippen molar-refractivity contribution >= 4 is 63.5 Å². The van der Waals surface area contributed by atoms with Gasteiger partial charge in [0.2, 0.25) is 0 Å². The Kier molecular flexibility index (Phi) is 6.46. The molecule has 1 saturated heterocycles. The molecule has 0 aliphatic carbocycles. The van der Waals surface area contributed by atoms with Crippen molar-refractivity contribution in [3.8, 4) is 11.5 Å². The van der Waals surface area contributed by atoms with Crippen molar-refractivity contribution in [2.24, 2.45) is 5.73 Å². The summed E-state index contributed by atoms with van der Waals surface area (Å²) < 4.78 is 11.0. The highest BCUT2D eigenvalue weighted by atomic mass is 35.5. The number of carbonyl (C=O) groups is 2. The molecule has 29 heavy (non-hydrogen) atoms. The van der Waals surface area contributed by atoms with E-state index < -0.39 is 5.91 Å². The molecule has 0 unspecified atom stereocenters. The molecule has 2 aromatic rings. The normalized spacial score (nSPS) is 15.1. The van der Waals surface area contributed by atoms with Crippen LogP contribution in [0.5, 0.6) is 11.5 Å². The van der Waals surface area contributed by atoms with Crippen molar-refractivity contribution in [3.05, 3.63) is 57.5 Å². The van der Waals surface area contributed by atoms with Crippen LogP contribution in [0.25, 0.3) is 6.08 Å². The van der Waals surface area contributed by atoms with Crippen molar-refractivity contribution in [2.75, 3.05) is 18.6 Å². The lowest BCUT2D eigenvalue weighted by molar-refractivity contribution is -0.120. The molecule has 1 aliphatic heterocycles. The Bertz CT molecular complexity index is 1040. The average molecular weight is 449 g/mol. The van der Waals surface area contributed by atoms with Crippen molar-refractivity contribution in [1.29, 1.82) is 0 Å². The first kappa shape index (κ1) is 21.2. The Labute approximate surface area is 182 Å². The SMILES string of the molecule is COc1cc(/C=C2\SC(=S)N(c3ccc(C)c(Cl)c3)C2=O)ccc1OCC(N)=O. The smallest absolute Gasteiger partial charge is 0.270 e. The summed E-state index contributed by atoms with van der Waals surface area (Å²) in [5, 5.41) is 0.566. The predicted molar refractivity (Wildman–Crippen MR) is 120 cm³/mol. The second-order valence-electron chi connectivity index (χ2n) is 6.12. The Morgan fingerprint density at radius 2 is 2.03 bits per heavy atom. The number of anilines is 1. The maximum absolute atomic E-state index is 12.9. The highest BCUT2D eigenvalue weighted by Crippen LogP contribution is 2.38. The van der Waals surface area contributed by atoms with Crippen molar-refractivity contribution in [1.82, 2.24) is 0 Å². The minimum atomic E-state index is -0.587. The average Bonchev–Trinajstić information content (AvgIpc) is 2.96. The van der Waals surface area contributed by atoms with Gasteiger partial charge in [0.05, 0.1) is 17.7 Å². The number of nitrogens with zero attached hydrogens (tertiary/aromatic N) is 1. The summed E-state index contributed by atoms with van der Waals surface area (Å²) >= 11 is 12.8. The number of carbonyl (C=O) groups excluding carboxylic acids is 2. The molecule has 0 saturated carbocycles. The zero-order valence-electron chi connectivity index (χ0n) is 15.6. The number of rotatable bonds is 6. The van der Waals surface area contributed by atoms with E-state index in [1.807, 2.05) is 19.1 Å². The van der Waals surface area contributed by atoms with E-state index >= 15 is 0 Å². The highest BCUT2D eigenvalue weighted by Gasteiger charge is 2.33. The Morgan fingerprint density at radius 3 is 2.69 bits per heavy atom. The predicted octanol–water partition coefficient (Wildman–Crippen LogP) is 3.93. The molecule has 2 aromatic carbocycles. The van der Waals surface area contributed by atoms with E-state index in [0.29, 0.717) is 31.4 Å². The van der Waals surface area contributed by atoms with Gasteiger partial charge in [-0.15, -0.1) is 0 Å². The molecule has 3 rings (SSSR count). The quantitative estimate of drug-likeness (QED) is 0.532. The second kappa shape index (κ2) is 8.86. The van der Waals surface area contributed by atoms with E-state index in [-0.39, 0.29) is 12.5 Å². The van der Waals surface area contributed by atoms with Gasteiger partial charge in [-0.25, -0.2) is 0 Å². The largest absolute Gasteiger partial charge is 0.493 e. The zero-order valence-corrected chi connectivity index (χ0v) is 18.0. The number of amides is 2. The summed E-state index contributed by atoms with van der Waals surface area (Å²) in [6, 6.07) is 10.5. The molecule has 0 radical (unpaired) electrons. The number of halogens is 1. The van der Waals surface area contributed by atoms with E-state index in [2.05, 4.69) is 0 Å². The maximum atomic E-state index is 12.9. The molecule has 1 heterocycles. The van der Waals surface area contributed by atoms with Gasteiger partial charge >= 0.3 is 0 Å². The Morgan fingerprint density at radius 1 is 1.28 bits per heavy atom. The molecule has 9 heteroatoms. The van der Waals surface area contributed by atoms with Crippen LogP contribution in [0.1, 0.15) is 11.1 Å². The van der Waals surface area contributed by atoms with E-state index in [1.54, 1.807) is 30.3 Å². The van der Waals surface area contributed by atoms with E-state index in [1.165, 1.54) is 23.8 Å². The molecule has 0 aromatic heterocycles. The fourth-order valence-corrected chi connectivity index (χ4v) is 4.08. The fourth-order valence-electron chi connectivity index (χ4n) is 2.60. The molecule has 1 aliphatic rings. The van der Waals surface area contributed by atoms with Crippen molar-refractivity contribution in [3.63, 3.8) is 0 Å². The summed E-state index contributed by atoms with van der Waals surface area (Å²) in [6.07, 6.45) is 1.72. The zero-order chi connectivity index (χ0) is 21.1. The molecule has 6 nitrogen and oxygen atoms in total. The van der Waals surface area contributed by atoms with Gasteiger partial charge in [-0.3, -0.25) is 14.5 Å². The maximum Gasteiger partial charge on any atom is 0.270 e. The van der Waals surface area contributed by atoms with Crippen LogP contribution in [0.3, 0.4) is 0 Å². The molecular weight excluding hydrogens is 432 g/mol. The summed E-state index contributed by atoms with van der Waals surface area (Å²) in [5.74, 6) is -0.0185. The van der Waals surface area contributed by atoms with Crippen LogP contribution < -0.4 is 20.1 Å². The first-order valence-corrected chi connectivity index (χ1v) is 10.0. The third-order valence-electron chi connectivity index (χ3n) is 4.06. The van der Waals surface area contributed by atoms with E-state index in [9.17, 15) is 9.59 Å². The number of ether oxygens (including phenoxy) is 2. The molecule has 2 N–H and O–H groups in total. The number of hydrogen-bond acceptors (Lipinski definition) is 6. The highest BCUT2D eigenvalue weighted by molar-refractivity contribution is 8.27. The number of benzene rings is 2. The van der Waals surface area contributed by atoms with Crippen LogP contribution in [0.2, 0.25) is 5.02 Å². The van der Waals surface area contributed by atoms with Crippen LogP contribution in [0, 0.1) is 6.92 Å². The van der Waals surface area contributed by atoms with Gasteiger partial charge in [0.15, 0.2) is 22.4 Å². The number of thioether (sulfide) groups is 1. The molecule has 0 spiro atoms. The number of thiocarbonyl (C=S) groups is 1. The first-order valence-electron chi connectivity index (χ1n) is 8.43. The van der Waals surface area contributed by atoms with Gasteiger partial charge < -0.3 is 15.2 Å². The second-order valence-corrected chi connectivity index (χ2v) is 8.20. The van der Waals surface area contributed by atoms with Crippen molar-refractivity contribution < 1.29 is 19.1 Å². The summed E-state index contributed by atoms with van der Waals surface area (Å²) in [5.41, 5.74) is 7.36. The molecule has 0 atom stereocenters. The Hall–Kier alpha value is -2.55. The van der Waals surface area contributed by atoms with Gasteiger partial charge in [-0.2, -0.15) is 0 Å². The molecule has 1 fully saturated rings. The number of aryl methyl sites for hydroxylation is 1. The van der Waals surface area contributed by atoms with Crippen LogP contribution in [-0.4, -0.2) is 29.9 Å². The fraction of sp³-hybridized carbons (Fsp3) is 0.150. The standard InChI is InChI=1S/C20H17ClN2O4S2/c1-11-3-5-13(9-14(11)21)23-19(25)17(29-20(23)28)8-12-4-6-15(16(7-12)26-2)27-10-18(22)24/h3-9H,10H2,1-2H3,(H2,22,24)/b17-8-. The number of methoxy groups -OCH3 is 1. The topological polar surface area (TPSA) is 81.9 Å². The monoisotopic (exact) mass is 448 g/mol. The summed E-state index contributed by atoms with van der Waals surface area (Å²) in [7, 11) is 1.48. The van der Waals surface area contributed by atoms with Gasteiger partial charge in [0.1, 0.15) is 0 Å². The lowest BCUT2D eigenvalue weighted by atomic mass is 10.1. The minimum Gasteiger partial charge on any atom is -0.493 e. The first-order chi connectivity index (χ1) is 13.8. The summed E-state index contributed by atoms with van der Waals surface area (Å²) in [4.78, 5) is 25.7. The third kappa shape index (κ3) is 4.72. The van der Waals surface area contributed by atoms with Gasteiger partial charge in [-0.05, 0) is 48.4 Å². The molecule has 2 amide bonds. The summed E-state index contributed by atoms with van der Waals surface area (Å²) in [6.45, 7) is 1.63. The number of hydrogen-bond donors (Lipinski definition) is 1. The number of primary amides is 1. The van der Waals surface area contributed by atoms with Crippen molar-refractivity contribution in [2.45, 2.75) is 6.92 Å². The Balaban J connectivity index is 1.87. The minimum absolute atomic E-state index is 0.229. The van der Waals surface area contributed by atoms with E-state index in [0.717, 1.165) is 11.1 Å². The third-order valence-corrected chi connectivity index (χ3v) is 5.77. The van der Waals surface area contributed by atoms with Gasteiger partial charge in [0, 0.05) is 5.02 Å². The van der Waals surface area contributed by atoms with Crippen LogP contribution in [0.4, 0.5) is 5.69 Å². The lowest BCUT2D eigenvalue weighted by Crippen LogP contribution is -2.27.